The fourth-order valence-corrected chi connectivity index (χ4v) is 2.94. The number of ether oxygens (including phenoxy) is 1. The first-order valence-corrected chi connectivity index (χ1v) is 8.62. The Kier molecular flexibility index (Phi) is 6.31. The summed E-state index contributed by atoms with van der Waals surface area (Å²) in [6.07, 6.45) is 0.531. The first-order valence-electron chi connectivity index (χ1n) is 8.62. The van der Waals surface area contributed by atoms with Gasteiger partial charge in [-0.25, -0.2) is 4.79 Å². The number of methoxy groups -OCH3 is 1. The van der Waals surface area contributed by atoms with E-state index in [2.05, 4.69) is 10.6 Å². The molecule has 6 heteroatoms. The molecule has 0 radical (unpaired) electrons. The van der Waals surface area contributed by atoms with Gasteiger partial charge in [0, 0.05) is 23.6 Å². The normalized spacial score (nSPS) is 13.7. The van der Waals surface area contributed by atoms with E-state index < -0.39 is 0 Å². The Hall–Kier alpha value is -2.21. The highest BCUT2D eigenvalue weighted by molar-refractivity contribution is 5.84. The highest BCUT2D eigenvalue weighted by atomic mass is 16.5. The summed E-state index contributed by atoms with van der Waals surface area (Å²) in [7, 11) is 1.63. The molecule has 2 aromatic rings. The molecule has 0 spiro atoms. The number of benzene rings is 1. The lowest BCUT2D eigenvalue weighted by molar-refractivity contribution is 0.215. The summed E-state index contributed by atoms with van der Waals surface area (Å²) in [5, 5.41) is 15.9. The van der Waals surface area contributed by atoms with Crippen molar-refractivity contribution >= 4 is 17.0 Å². The van der Waals surface area contributed by atoms with Crippen LogP contribution in [-0.2, 0) is 0 Å². The molecule has 2 atom stereocenters. The maximum absolute atomic E-state index is 12.3. The fraction of sp³-hybridized carbons (Fsp3) is 0.526. The van der Waals surface area contributed by atoms with Crippen LogP contribution in [0.4, 0.5) is 4.79 Å². The Morgan fingerprint density at radius 2 is 2.00 bits per heavy atom. The fourth-order valence-electron chi connectivity index (χ4n) is 2.94. The Balaban J connectivity index is 2.12. The van der Waals surface area contributed by atoms with Gasteiger partial charge in [-0.1, -0.05) is 13.8 Å². The molecule has 0 saturated heterocycles. The van der Waals surface area contributed by atoms with Crippen molar-refractivity contribution in [2.24, 2.45) is 5.92 Å². The molecular formula is C19H28N2O4. The molecule has 6 nitrogen and oxygen atoms in total. The van der Waals surface area contributed by atoms with Gasteiger partial charge in [-0.05, 0) is 44.4 Å². The third-order valence-corrected chi connectivity index (χ3v) is 4.48. The van der Waals surface area contributed by atoms with Gasteiger partial charge in [0.15, 0.2) is 0 Å². The Morgan fingerprint density at radius 1 is 1.28 bits per heavy atom. The summed E-state index contributed by atoms with van der Waals surface area (Å²) < 4.78 is 11.2. The second kappa shape index (κ2) is 8.25. The second-order valence-corrected chi connectivity index (χ2v) is 6.66. The van der Waals surface area contributed by atoms with E-state index in [0.29, 0.717) is 6.42 Å². The molecule has 3 N–H and O–H groups in total. The first-order chi connectivity index (χ1) is 11.9. The summed E-state index contributed by atoms with van der Waals surface area (Å²) >= 11 is 0. The minimum Gasteiger partial charge on any atom is -0.497 e. The van der Waals surface area contributed by atoms with Crippen molar-refractivity contribution in [1.82, 2.24) is 10.6 Å². The van der Waals surface area contributed by atoms with Crippen molar-refractivity contribution in [2.45, 2.75) is 46.2 Å². The molecule has 1 heterocycles. The monoisotopic (exact) mass is 348 g/mol. The van der Waals surface area contributed by atoms with Gasteiger partial charge in [0.1, 0.15) is 17.1 Å². The number of carbonyl (C=O) groups excluding carboxylic acids is 1. The molecule has 0 saturated carbocycles. The zero-order valence-corrected chi connectivity index (χ0v) is 15.6. The predicted molar refractivity (Wildman–Crippen MR) is 97.9 cm³/mol. The van der Waals surface area contributed by atoms with Crippen LogP contribution in [0.1, 0.15) is 44.6 Å². The van der Waals surface area contributed by atoms with Crippen LogP contribution < -0.4 is 15.4 Å². The first kappa shape index (κ1) is 19.1. The van der Waals surface area contributed by atoms with Gasteiger partial charge in [0.25, 0.3) is 0 Å². The third kappa shape index (κ3) is 4.45. The van der Waals surface area contributed by atoms with Gasteiger partial charge in [-0.2, -0.15) is 0 Å². The average Bonchev–Trinajstić information content (AvgIpc) is 2.90. The lowest BCUT2D eigenvalue weighted by Gasteiger charge is -2.23. The lowest BCUT2D eigenvalue weighted by Crippen LogP contribution is -2.45. The van der Waals surface area contributed by atoms with E-state index in [1.807, 2.05) is 45.9 Å². The summed E-state index contributed by atoms with van der Waals surface area (Å²) in [6, 6.07) is 5.03. The van der Waals surface area contributed by atoms with Crippen molar-refractivity contribution in [2.75, 3.05) is 13.7 Å². The van der Waals surface area contributed by atoms with E-state index in [1.54, 1.807) is 7.11 Å². The molecule has 0 fully saturated rings. The quantitative estimate of drug-likeness (QED) is 0.715. The van der Waals surface area contributed by atoms with Crippen molar-refractivity contribution in [3.8, 4) is 5.75 Å². The topological polar surface area (TPSA) is 83.7 Å². The van der Waals surface area contributed by atoms with Crippen molar-refractivity contribution in [3.63, 3.8) is 0 Å². The molecule has 2 amide bonds. The van der Waals surface area contributed by atoms with Crippen LogP contribution in [0.3, 0.4) is 0 Å². The van der Waals surface area contributed by atoms with Gasteiger partial charge in [-0.3, -0.25) is 0 Å². The van der Waals surface area contributed by atoms with Gasteiger partial charge in [0.2, 0.25) is 0 Å². The van der Waals surface area contributed by atoms with Crippen LogP contribution in [0.2, 0.25) is 0 Å². The van der Waals surface area contributed by atoms with Crippen molar-refractivity contribution < 1.29 is 19.1 Å². The molecule has 1 aromatic heterocycles. The number of aliphatic hydroxyl groups is 1. The number of fused-ring (bicyclic) bond motifs is 1. The van der Waals surface area contributed by atoms with Crippen LogP contribution >= 0.6 is 0 Å². The highest BCUT2D eigenvalue weighted by Gasteiger charge is 2.21. The number of nitrogens with one attached hydrogen (secondary N) is 2. The van der Waals surface area contributed by atoms with Gasteiger partial charge in [0.05, 0.1) is 13.2 Å². The lowest BCUT2D eigenvalue weighted by atomic mass is 10.0. The standard InChI is InChI=1S/C19H28N2O4/c1-11(2)16(8-9-22)21-19(23)20-13(4)18-12(3)15-10-14(24-5)6-7-17(15)25-18/h6-7,10-11,13,16,22H,8-9H2,1-5H3,(H2,20,21,23). The number of amides is 2. The minimum atomic E-state index is -0.277. The molecular weight excluding hydrogens is 320 g/mol. The highest BCUT2D eigenvalue weighted by Crippen LogP contribution is 2.31. The maximum atomic E-state index is 12.3. The number of rotatable bonds is 7. The average molecular weight is 348 g/mol. The Morgan fingerprint density at radius 3 is 2.60 bits per heavy atom. The van der Waals surface area contributed by atoms with E-state index in [0.717, 1.165) is 28.0 Å². The van der Waals surface area contributed by atoms with Crippen molar-refractivity contribution in [3.05, 3.63) is 29.5 Å². The van der Waals surface area contributed by atoms with E-state index in [9.17, 15) is 4.79 Å². The van der Waals surface area contributed by atoms with Crippen LogP contribution in [-0.4, -0.2) is 30.9 Å². The Labute approximate surface area is 148 Å². The second-order valence-electron chi connectivity index (χ2n) is 6.66. The number of aryl methyl sites for hydroxylation is 1. The number of hydrogen-bond donors (Lipinski definition) is 3. The van der Waals surface area contributed by atoms with E-state index in [-0.39, 0.29) is 30.6 Å². The van der Waals surface area contributed by atoms with Crippen molar-refractivity contribution in [1.29, 1.82) is 0 Å². The third-order valence-electron chi connectivity index (χ3n) is 4.48. The van der Waals surface area contributed by atoms with Crippen LogP contribution in [0.25, 0.3) is 11.0 Å². The van der Waals surface area contributed by atoms with Crippen LogP contribution in [0.15, 0.2) is 22.6 Å². The molecule has 2 unspecified atom stereocenters. The molecule has 1 aromatic carbocycles. The summed E-state index contributed by atoms with van der Waals surface area (Å²) in [5.74, 6) is 1.74. The molecule has 25 heavy (non-hydrogen) atoms. The predicted octanol–water partition coefficient (Wildman–Crippen LogP) is 3.52. The Bertz CT molecular complexity index is 724. The van der Waals surface area contributed by atoms with Gasteiger partial charge >= 0.3 is 6.03 Å². The summed E-state index contributed by atoms with van der Waals surface area (Å²) in [4.78, 5) is 12.3. The SMILES string of the molecule is COc1ccc2oc(C(C)NC(=O)NC(CCO)C(C)C)c(C)c2c1. The maximum Gasteiger partial charge on any atom is 0.315 e. The number of furan rings is 1. The van der Waals surface area contributed by atoms with Crippen LogP contribution in [0.5, 0.6) is 5.75 Å². The largest absolute Gasteiger partial charge is 0.497 e. The zero-order valence-electron chi connectivity index (χ0n) is 15.6. The summed E-state index contributed by atoms with van der Waals surface area (Å²) in [6.45, 7) is 7.93. The molecule has 0 aliphatic carbocycles. The molecule has 2 rings (SSSR count). The zero-order chi connectivity index (χ0) is 18.6. The minimum absolute atomic E-state index is 0.0448. The molecule has 0 aliphatic heterocycles. The molecule has 0 aliphatic rings. The van der Waals surface area contributed by atoms with E-state index in [1.165, 1.54) is 0 Å². The number of hydrogen-bond acceptors (Lipinski definition) is 4. The number of aliphatic hydroxyl groups excluding tert-OH is 1. The molecule has 0 bridgehead atoms. The van der Waals surface area contributed by atoms with E-state index in [4.69, 9.17) is 14.3 Å². The smallest absolute Gasteiger partial charge is 0.315 e. The number of urea groups is 1. The van der Waals surface area contributed by atoms with Gasteiger partial charge < -0.3 is 24.9 Å². The van der Waals surface area contributed by atoms with E-state index >= 15 is 0 Å². The molecule has 138 valence electrons. The van der Waals surface area contributed by atoms with Gasteiger partial charge in [-0.15, -0.1) is 0 Å². The van der Waals surface area contributed by atoms with Crippen LogP contribution in [0, 0.1) is 12.8 Å². The number of carbonyl (C=O) groups is 1. The summed E-state index contributed by atoms with van der Waals surface area (Å²) in [5.41, 5.74) is 1.75.